The fourth-order valence-electron chi connectivity index (χ4n) is 2.48. The average Bonchev–Trinajstić information content (AvgIpc) is 2.35. The Kier molecular flexibility index (Phi) is 8.00. The molecule has 0 aliphatic rings. The van der Waals surface area contributed by atoms with Gasteiger partial charge in [0.25, 0.3) is 0 Å². The Morgan fingerprint density at radius 3 is 2.24 bits per heavy atom. The molecule has 5 nitrogen and oxygen atoms in total. The Morgan fingerprint density at radius 2 is 1.81 bits per heavy atom. The molecule has 0 radical (unpaired) electrons. The Labute approximate surface area is 132 Å². The molecule has 0 heterocycles. The van der Waals surface area contributed by atoms with Gasteiger partial charge in [-0.3, -0.25) is 9.59 Å². The number of hydrogen-bond acceptors (Lipinski definition) is 4. The van der Waals surface area contributed by atoms with Crippen molar-refractivity contribution in [2.45, 2.75) is 58.2 Å². The summed E-state index contributed by atoms with van der Waals surface area (Å²) in [7, 11) is 0. The summed E-state index contributed by atoms with van der Waals surface area (Å²) in [4.78, 5) is 34.6. The summed E-state index contributed by atoms with van der Waals surface area (Å²) < 4.78 is 0. The summed E-state index contributed by atoms with van der Waals surface area (Å²) in [6.07, 6.45) is 3.83. The van der Waals surface area contributed by atoms with Gasteiger partial charge in [-0.2, -0.15) is 11.8 Å². The van der Waals surface area contributed by atoms with E-state index in [2.05, 4.69) is 10.6 Å². The van der Waals surface area contributed by atoms with Crippen LogP contribution in [0.5, 0.6) is 0 Å². The van der Waals surface area contributed by atoms with Crippen LogP contribution in [0.4, 0.5) is 0 Å². The van der Waals surface area contributed by atoms with Gasteiger partial charge in [0.1, 0.15) is 6.29 Å². The lowest BCUT2D eigenvalue weighted by molar-refractivity contribution is -0.132. The molecule has 1 atom stereocenters. The van der Waals surface area contributed by atoms with E-state index in [0.717, 1.165) is 6.42 Å². The molecule has 1 unspecified atom stereocenters. The van der Waals surface area contributed by atoms with E-state index in [1.54, 1.807) is 0 Å². The lowest BCUT2D eigenvalue weighted by Gasteiger charge is -2.35. The molecule has 2 N–H and O–H groups in total. The van der Waals surface area contributed by atoms with Gasteiger partial charge in [-0.15, -0.1) is 0 Å². The van der Waals surface area contributed by atoms with E-state index in [4.69, 9.17) is 0 Å². The Hall–Kier alpha value is -1.04. The van der Waals surface area contributed by atoms with Gasteiger partial charge in [0.05, 0.1) is 11.8 Å². The maximum Gasteiger partial charge on any atom is 0.233 e. The van der Waals surface area contributed by atoms with Crippen LogP contribution in [-0.2, 0) is 14.4 Å². The Balaban J connectivity index is 4.74. The third-order valence-corrected chi connectivity index (χ3v) is 4.37. The molecule has 6 heteroatoms. The minimum atomic E-state index is -0.666. The van der Waals surface area contributed by atoms with Crippen molar-refractivity contribution in [1.29, 1.82) is 0 Å². The molecule has 0 spiro atoms. The van der Waals surface area contributed by atoms with Crippen molar-refractivity contribution in [2.75, 3.05) is 12.8 Å². The van der Waals surface area contributed by atoms with E-state index in [9.17, 15) is 14.4 Å². The van der Waals surface area contributed by atoms with Gasteiger partial charge >= 0.3 is 0 Å². The zero-order valence-corrected chi connectivity index (χ0v) is 14.7. The van der Waals surface area contributed by atoms with Crippen LogP contribution in [0.25, 0.3) is 0 Å². The standard InChI is InChI=1S/C15H28N2O3S/c1-7-11(21-6)12(19)17-15(4,5)10-14(2,3)13(20)16-8-9-18/h9,11H,7-8,10H2,1-6H3,(H,16,20)(H,17,19). The summed E-state index contributed by atoms with van der Waals surface area (Å²) in [6.45, 7) is 9.43. The number of rotatable bonds is 9. The van der Waals surface area contributed by atoms with Gasteiger partial charge < -0.3 is 15.4 Å². The summed E-state index contributed by atoms with van der Waals surface area (Å²) in [5.74, 6) is -0.187. The zero-order chi connectivity index (χ0) is 16.7. The van der Waals surface area contributed by atoms with E-state index in [0.29, 0.717) is 12.7 Å². The van der Waals surface area contributed by atoms with Crippen molar-refractivity contribution in [3.63, 3.8) is 0 Å². The smallest absolute Gasteiger partial charge is 0.233 e. The van der Waals surface area contributed by atoms with Gasteiger partial charge in [-0.05, 0) is 32.9 Å². The molecule has 0 aromatic carbocycles. The lowest BCUT2D eigenvalue weighted by Crippen LogP contribution is -2.51. The van der Waals surface area contributed by atoms with Crippen LogP contribution in [0.15, 0.2) is 0 Å². The van der Waals surface area contributed by atoms with Gasteiger partial charge in [-0.25, -0.2) is 0 Å². The lowest BCUT2D eigenvalue weighted by atomic mass is 9.79. The van der Waals surface area contributed by atoms with E-state index in [1.165, 1.54) is 11.8 Å². The molecular weight excluding hydrogens is 288 g/mol. The molecular formula is C15H28N2O3S. The predicted octanol–water partition coefficient (Wildman–Crippen LogP) is 1.75. The first-order chi connectivity index (χ1) is 9.59. The number of hydrogen-bond donors (Lipinski definition) is 2. The largest absolute Gasteiger partial charge is 0.350 e. The Morgan fingerprint density at radius 1 is 1.24 bits per heavy atom. The highest BCUT2D eigenvalue weighted by molar-refractivity contribution is 7.99. The monoisotopic (exact) mass is 316 g/mol. The number of carbonyl (C=O) groups is 3. The number of amides is 2. The van der Waals surface area contributed by atoms with Crippen LogP contribution in [0.1, 0.15) is 47.5 Å². The van der Waals surface area contributed by atoms with Gasteiger partial charge in [0.2, 0.25) is 11.8 Å². The first-order valence-corrected chi connectivity index (χ1v) is 8.45. The Bertz CT molecular complexity index is 377. The third kappa shape index (κ3) is 6.98. The number of nitrogens with one attached hydrogen (secondary N) is 2. The quantitative estimate of drug-likeness (QED) is 0.636. The van der Waals surface area contributed by atoms with Crippen LogP contribution in [0.2, 0.25) is 0 Å². The van der Waals surface area contributed by atoms with Crippen LogP contribution >= 0.6 is 11.8 Å². The summed E-state index contributed by atoms with van der Waals surface area (Å²) in [6, 6.07) is 0. The minimum absolute atomic E-state index is 0.000834. The van der Waals surface area contributed by atoms with E-state index < -0.39 is 11.0 Å². The molecule has 0 aliphatic carbocycles. The molecule has 0 saturated carbocycles. The molecule has 0 bridgehead atoms. The van der Waals surface area contributed by atoms with E-state index >= 15 is 0 Å². The molecule has 0 aliphatic heterocycles. The van der Waals surface area contributed by atoms with Crippen molar-refractivity contribution < 1.29 is 14.4 Å². The second-order valence-electron chi connectivity index (χ2n) is 6.44. The van der Waals surface area contributed by atoms with Crippen molar-refractivity contribution in [2.24, 2.45) is 5.41 Å². The zero-order valence-electron chi connectivity index (χ0n) is 13.9. The number of carbonyl (C=O) groups excluding carboxylic acids is 3. The summed E-state index contributed by atoms with van der Waals surface area (Å²) in [5.41, 5.74) is -1.16. The molecule has 2 amide bonds. The maximum absolute atomic E-state index is 12.2. The van der Waals surface area contributed by atoms with E-state index in [1.807, 2.05) is 40.9 Å². The van der Waals surface area contributed by atoms with Crippen LogP contribution in [0, 0.1) is 5.41 Å². The highest BCUT2D eigenvalue weighted by atomic mass is 32.2. The maximum atomic E-state index is 12.2. The summed E-state index contributed by atoms with van der Waals surface area (Å²) >= 11 is 1.52. The molecule has 0 aromatic heterocycles. The first kappa shape index (κ1) is 20.0. The third-order valence-electron chi connectivity index (χ3n) is 3.25. The van der Waals surface area contributed by atoms with Crippen molar-refractivity contribution in [3.8, 4) is 0 Å². The molecule has 0 saturated heterocycles. The van der Waals surface area contributed by atoms with E-state index in [-0.39, 0.29) is 23.6 Å². The highest BCUT2D eigenvalue weighted by Crippen LogP contribution is 2.28. The second kappa shape index (κ2) is 8.41. The van der Waals surface area contributed by atoms with Crippen molar-refractivity contribution >= 4 is 29.9 Å². The van der Waals surface area contributed by atoms with Crippen LogP contribution in [0.3, 0.4) is 0 Å². The molecule has 0 fully saturated rings. The molecule has 0 rings (SSSR count). The average molecular weight is 316 g/mol. The fraction of sp³-hybridized carbons (Fsp3) is 0.800. The molecule has 122 valence electrons. The molecule has 0 aromatic rings. The number of thioether (sulfide) groups is 1. The number of aldehydes is 1. The first-order valence-electron chi connectivity index (χ1n) is 7.16. The van der Waals surface area contributed by atoms with Crippen molar-refractivity contribution in [3.05, 3.63) is 0 Å². The predicted molar refractivity (Wildman–Crippen MR) is 87.3 cm³/mol. The van der Waals surface area contributed by atoms with Crippen molar-refractivity contribution in [1.82, 2.24) is 10.6 Å². The van der Waals surface area contributed by atoms with Gasteiger partial charge in [-0.1, -0.05) is 20.8 Å². The van der Waals surface area contributed by atoms with Gasteiger partial charge in [0.15, 0.2) is 0 Å². The van der Waals surface area contributed by atoms with Crippen LogP contribution < -0.4 is 10.6 Å². The van der Waals surface area contributed by atoms with Crippen LogP contribution in [-0.4, -0.2) is 41.7 Å². The fourth-order valence-corrected chi connectivity index (χ4v) is 3.08. The summed E-state index contributed by atoms with van der Waals surface area (Å²) in [5, 5.41) is 5.51. The SMILES string of the molecule is CCC(SC)C(=O)NC(C)(C)CC(C)(C)C(=O)NCC=O. The topological polar surface area (TPSA) is 75.3 Å². The second-order valence-corrected chi connectivity index (χ2v) is 7.48. The minimum Gasteiger partial charge on any atom is -0.350 e. The highest BCUT2D eigenvalue weighted by Gasteiger charge is 2.36. The molecule has 21 heavy (non-hydrogen) atoms. The normalized spacial score (nSPS) is 13.4. The van der Waals surface area contributed by atoms with Gasteiger partial charge in [0, 0.05) is 11.0 Å².